The quantitative estimate of drug-likeness (QED) is 0.695. The van der Waals surface area contributed by atoms with E-state index in [1.54, 1.807) is 0 Å². The van der Waals surface area contributed by atoms with E-state index < -0.39 is 0 Å². The van der Waals surface area contributed by atoms with E-state index in [4.69, 9.17) is 10.5 Å². The molecule has 78 valence electrons. The predicted molar refractivity (Wildman–Crippen MR) is 58.5 cm³/mol. The van der Waals surface area contributed by atoms with Crippen molar-refractivity contribution in [3.63, 3.8) is 0 Å². The van der Waals surface area contributed by atoms with Crippen molar-refractivity contribution in [2.45, 2.75) is 13.0 Å². The van der Waals surface area contributed by atoms with E-state index in [0.29, 0.717) is 6.61 Å². The Bertz CT molecular complexity index is 256. The van der Waals surface area contributed by atoms with Gasteiger partial charge in [-0.25, -0.2) is 0 Å². The molecule has 0 aliphatic heterocycles. The first-order valence-corrected chi connectivity index (χ1v) is 4.87. The highest BCUT2D eigenvalue weighted by Crippen LogP contribution is 2.15. The lowest BCUT2D eigenvalue weighted by molar-refractivity contribution is 0.318. The Morgan fingerprint density at radius 3 is 2.50 bits per heavy atom. The van der Waals surface area contributed by atoms with Crippen molar-refractivity contribution in [2.24, 2.45) is 5.73 Å². The number of benzene rings is 1. The van der Waals surface area contributed by atoms with Crippen LogP contribution in [0, 0.1) is 0 Å². The van der Waals surface area contributed by atoms with Crippen LogP contribution in [0.25, 0.3) is 0 Å². The molecule has 1 aromatic carbocycles. The number of hydrogen-bond donors (Lipinski definition) is 2. The Hall–Kier alpha value is -1.06. The SMILES string of the molecule is CNCCOc1ccc(C(C)N)cc1. The maximum absolute atomic E-state index is 5.73. The molecule has 0 amide bonds. The molecule has 3 N–H and O–H groups in total. The summed E-state index contributed by atoms with van der Waals surface area (Å²) in [6.45, 7) is 3.51. The van der Waals surface area contributed by atoms with Gasteiger partial charge in [-0.3, -0.25) is 0 Å². The first-order valence-electron chi connectivity index (χ1n) is 4.87. The van der Waals surface area contributed by atoms with E-state index in [1.165, 1.54) is 0 Å². The topological polar surface area (TPSA) is 47.3 Å². The van der Waals surface area contributed by atoms with E-state index in [-0.39, 0.29) is 6.04 Å². The highest BCUT2D eigenvalue weighted by atomic mass is 16.5. The molecule has 0 aromatic heterocycles. The molecule has 0 heterocycles. The lowest BCUT2D eigenvalue weighted by Crippen LogP contribution is -2.15. The number of ether oxygens (including phenoxy) is 1. The minimum absolute atomic E-state index is 0.0846. The average molecular weight is 194 g/mol. The minimum atomic E-state index is 0.0846. The van der Waals surface area contributed by atoms with Gasteiger partial charge in [-0.1, -0.05) is 12.1 Å². The van der Waals surface area contributed by atoms with E-state index in [0.717, 1.165) is 17.9 Å². The van der Waals surface area contributed by atoms with Crippen LogP contribution >= 0.6 is 0 Å². The van der Waals surface area contributed by atoms with Gasteiger partial charge in [0.25, 0.3) is 0 Å². The van der Waals surface area contributed by atoms with Gasteiger partial charge in [0.2, 0.25) is 0 Å². The molecule has 0 radical (unpaired) electrons. The molecule has 1 rings (SSSR count). The summed E-state index contributed by atoms with van der Waals surface area (Å²) in [6.07, 6.45) is 0. The maximum Gasteiger partial charge on any atom is 0.119 e. The van der Waals surface area contributed by atoms with Gasteiger partial charge in [-0.2, -0.15) is 0 Å². The molecule has 3 heteroatoms. The lowest BCUT2D eigenvalue weighted by Gasteiger charge is -2.08. The van der Waals surface area contributed by atoms with Crippen LogP contribution in [0.1, 0.15) is 18.5 Å². The Kier molecular flexibility index (Phi) is 4.43. The van der Waals surface area contributed by atoms with E-state index in [1.807, 2.05) is 38.2 Å². The number of hydrogen-bond acceptors (Lipinski definition) is 3. The first-order chi connectivity index (χ1) is 6.74. The molecule has 14 heavy (non-hydrogen) atoms. The van der Waals surface area contributed by atoms with Crippen LogP contribution in [-0.4, -0.2) is 20.2 Å². The summed E-state index contributed by atoms with van der Waals surface area (Å²) in [7, 11) is 1.91. The largest absolute Gasteiger partial charge is 0.492 e. The smallest absolute Gasteiger partial charge is 0.119 e. The zero-order valence-electron chi connectivity index (χ0n) is 8.79. The molecule has 0 saturated carbocycles. The zero-order valence-corrected chi connectivity index (χ0v) is 8.79. The van der Waals surface area contributed by atoms with Crippen LogP contribution in [0.5, 0.6) is 5.75 Å². The standard InChI is InChI=1S/C11H18N2O/c1-9(12)10-3-5-11(6-4-10)14-8-7-13-2/h3-6,9,13H,7-8,12H2,1-2H3. The number of nitrogens with one attached hydrogen (secondary N) is 1. The Labute approximate surface area is 85.3 Å². The van der Waals surface area contributed by atoms with Crippen LogP contribution in [0.3, 0.4) is 0 Å². The number of rotatable bonds is 5. The fourth-order valence-corrected chi connectivity index (χ4v) is 1.14. The normalized spacial score (nSPS) is 12.5. The molecule has 1 atom stereocenters. The second kappa shape index (κ2) is 5.62. The molecule has 0 saturated heterocycles. The molecule has 0 fully saturated rings. The summed E-state index contributed by atoms with van der Waals surface area (Å²) < 4.78 is 5.48. The molecule has 1 aromatic rings. The second-order valence-electron chi connectivity index (χ2n) is 3.31. The van der Waals surface area contributed by atoms with Crippen LogP contribution < -0.4 is 15.8 Å². The van der Waals surface area contributed by atoms with Gasteiger partial charge in [-0.05, 0) is 31.7 Å². The molecular weight excluding hydrogens is 176 g/mol. The summed E-state index contributed by atoms with van der Waals surface area (Å²) in [6, 6.07) is 7.99. The zero-order chi connectivity index (χ0) is 10.4. The summed E-state index contributed by atoms with van der Waals surface area (Å²) in [5.74, 6) is 0.893. The van der Waals surface area contributed by atoms with Crippen molar-refractivity contribution in [3.05, 3.63) is 29.8 Å². The van der Waals surface area contributed by atoms with Crippen LogP contribution in [0.2, 0.25) is 0 Å². The van der Waals surface area contributed by atoms with Crippen molar-refractivity contribution in [1.29, 1.82) is 0 Å². The van der Waals surface area contributed by atoms with E-state index in [2.05, 4.69) is 5.32 Å². The van der Waals surface area contributed by atoms with Crippen LogP contribution in [-0.2, 0) is 0 Å². The Morgan fingerprint density at radius 1 is 1.36 bits per heavy atom. The summed E-state index contributed by atoms with van der Waals surface area (Å²) in [4.78, 5) is 0. The maximum atomic E-state index is 5.73. The number of nitrogens with two attached hydrogens (primary N) is 1. The average Bonchev–Trinajstić information content (AvgIpc) is 2.19. The summed E-state index contributed by atoms with van der Waals surface area (Å²) in [5, 5.41) is 3.02. The minimum Gasteiger partial charge on any atom is -0.492 e. The third-order valence-electron chi connectivity index (χ3n) is 2.03. The van der Waals surface area contributed by atoms with Gasteiger partial charge in [0, 0.05) is 12.6 Å². The van der Waals surface area contributed by atoms with Crippen LogP contribution in [0.15, 0.2) is 24.3 Å². The summed E-state index contributed by atoms with van der Waals surface area (Å²) >= 11 is 0. The van der Waals surface area contributed by atoms with Gasteiger partial charge in [-0.15, -0.1) is 0 Å². The molecule has 0 spiro atoms. The summed E-state index contributed by atoms with van der Waals surface area (Å²) in [5.41, 5.74) is 6.87. The molecular formula is C11H18N2O. The van der Waals surface area contributed by atoms with Gasteiger partial charge < -0.3 is 15.8 Å². The van der Waals surface area contributed by atoms with Crippen molar-refractivity contribution in [2.75, 3.05) is 20.2 Å². The second-order valence-corrected chi connectivity index (χ2v) is 3.31. The fraction of sp³-hybridized carbons (Fsp3) is 0.455. The van der Waals surface area contributed by atoms with E-state index in [9.17, 15) is 0 Å². The fourth-order valence-electron chi connectivity index (χ4n) is 1.14. The van der Waals surface area contributed by atoms with Crippen molar-refractivity contribution in [1.82, 2.24) is 5.32 Å². The molecule has 1 unspecified atom stereocenters. The van der Waals surface area contributed by atoms with Gasteiger partial charge in [0.05, 0.1) is 0 Å². The molecule has 0 bridgehead atoms. The molecule has 3 nitrogen and oxygen atoms in total. The predicted octanol–water partition coefficient (Wildman–Crippen LogP) is 1.30. The Balaban J connectivity index is 2.47. The Morgan fingerprint density at radius 2 is 2.00 bits per heavy atom. The third-order valence-corrected chi connectivity index (χ3v) is 2.03. The number of likely N-dealkylation sites (N-methyl/N-ethyl adjacent to an activating group) is 1. The van der Waals surface area contributed by atoms with Gasteiger partial charge in [0.1, 0.15) is 12.4 Å². The molecule has 0 aliphatic rings. The van der Waals surface area contributed by atoms with Gasteiger partial charge in [0.15, 0.2) is 0 Å². The highest BCUT2D eigenvalue weighted by Gasteiger charge is 1.98. The third kappa shape index (κ3) is 3.36. The van der Waals surface area contributed by atoms with Crippen molar-refractivity contribution < 1.29 is 4.74 Å². The first kappa shape index (κ1) is 11.0. The van der Waals surface area contributed by atoms with Gasteiger partial charge >= 0.3 is 0 Å². The van der Waals surface area contributed by atoms with Crippen LogP contribution in [0.4, 0.5) is 0 Å². The molecule has 0 aliphatic carbocycles. The lowest BCUT2D eigenvalue weighted by atomic mass is 10.1. The monoisotopic (exact) mass is 194 g/mol. The highest BCUT2D eigenvalue weighted by molar-refractivity contribution is 5.28. The van der Waals surface area contributed by atoms with E-state index >= 15 is 0 Å². The van der Waals surface area contributed by atoms with Crippen molar-refractivity contribution >= 4 is 0 Å². The van der Waals surface area contributed by atoms with Crippen molar-refractivity contribution in [3.8, 4) is 5.75 Å².